The summed E-state index contributed by atoms with van der Waals surface area (Å²) in [5.74, 6) is 0. The van der Waals surface area contributed by atoms with E-state index in [9.17, 15) is 0 Å². The third-order valence-corrected chi connectivity index (χ3v) is 12.8. The van der Waals surface area contributed by atoms with E-state index < -0.39 is 0 Å². The number of nitrogens with zero attached hydrogens (tertiary/aromatic N) is 4. The van der Waals surface area contributed by atoms with Gasteiger partial charge in [0.15, 0.2) is 0 Å². The molecule has 13 rings (SSSR count). The van der Waals surface area contributed by atoms with E-state index in [0.717, 1.165) is 61.5 Å². The highest BCUT2D eigenvalue weighted by Gasteiger charge is 2.22. The van der Waals surface area contributed by atoms with Crippen LogP contribution in [0.5, 0.6) is 0 Å². The second kappa shape index (κ2) is 14.1. The molecule has 0 atom stereocenters. The van der Waals surface area contributed by atoms with Gasteiger partial charge in [0, 0.05) is 49.3 Å². The lowest BCUT2D eigenvalue weighted by Gasteiger charge is -2.17. The second-order valence-corrected chi connectivity index (χ2v) is 16.4. The summed E-state index contributed by atoms with van der Waals surface area (Å²) in [6.07, 6.45) is 0. The van der Waals surface area contributed by atoms with Crippen molar-refractivity contribution in [2.45, 2.75) is 0 Å². The van der Waals surface area contributed by atoms with Crippen LogP contribution in [0.25, 0.3) is 116 Å². The minimum Gasteiger partial charge on any atom is -0.309 e. The minimum atomic E-state index is 0.961. The maximum atomic E-state index is 5.44. The van der Waals surface area contributed by atoms with Crippen LogP contribution in [0.2, 0.25) is 0 Å². The van der Waals surface area contributed by atoms with Gasteiger partial charge in [-0.1, -0.05) is 164 Å². The number of hydrogen-bond acceptors (Lipinski definition) is 1. The first-order valence-corrected chi connectivity index (χ1v) is 21.6. The SMILES string of the molecule is c1ccc(-c2nn(-c3ccccc3)c3c2c(-c2cccc(-c4cc(-n5c6ccccc6c6ccccc65)cc(-n5c6ccccc6c6ccccc65)c4)c2)cc2ccccc23)cc1. The summed E-state index contributed by atoms with van der Waals surface area (Å²) in [5, 5.41) is 13.9. The normalized spacial score (nSPS) is 11.8. The maximum Gasteiger partial charge on any atom is 0.101 e. The van der Waals surface area contributed by atoms with Crippen molar-refractivity contribution >= 4 is 65.3 Å². The van der Waals surface area contributed by atoms with Gasteiger partial charge in [0.1, 0.15) is 5.69 Å². The Morgan fingerprint density at radius 3 is 1.33 bits per heavy atom. The standard InChI is InChI=1S/C59H38N4/c1-3-18-39(19-4-1)58-57-52(37-42-20-7-8-25-47(42)59(57)63(60-58)44-23-5-2-6-24-44)41-22-17-21-40(34-41)43-35-45(61-53-30-13-9-26-48(53)49-27-10-14-31-54(49)61)38-46(36-43)62-55-32-15-11-28-50(55)51-29-12-16-33-56(51)62/h1-38H. The number of rotatable bonds is 6. The van der Waals surface area contributed by atoms with Crippen LogP contribution >= 0.6 is 0 Å². The van der Waals surface area contributed by atoms with Crippen LogP contribution in [0.4, 0.5) is 0 Å². The van der Waals surface area contributed by atoms with Gasteiger partial charge in [0.05, 0.1) is 33.3 Å². The van der Waals surface area contributed by atoms with Gasteiger partial charge in [-0.05, 0) is 94.4 Å². The zero-order valence-corrected chi connectivity index (χ0v) is 34.2. The summed E-state index contributed by atoms with van der Waals surface area (Å²) >= 11 is 0. The predicted molar refractivity (Wildman–Crippen MR) is 264 cm³/mol. The molecule has 4 nitrogen and oxygen atoms in total. The summed E-state index contributed by atoms with van der Waals surface area (Å²) in [5.41, 5.74) is 15.7. The maximum absolute atomic E-state index is 5.44. The molecular formula is C59H38N4. The highest BCUT2D eigenvalue weighted by atomic mass is 15.3. The van der Waals surface area contributed by atoms with E-state index in [0.29, 0.717) is 0 Å². The van der Waals surface area contributed by atoms with Crippen molar-refractivity contribution in [2.24, 2.45) is 0 Å². The molecule has 0 aliphatic rings. The molecular weight excluding hydrogens is 765 g/mol. The zero-order chi connectivity index (χ0) is 41.4. The molecule has 3 heterocycles. The van der Waals surface area contributed by atoms with E-state index >= 15 is 0 Å². The Morgan fingerprint density at radius 1 is 0.302 bits per heavy atom. The van der Waals surface area contributed by atoms with E-state index in [1.807, 2.05) is 0 Å². The molecule has 0 bridgehead atoms. The molecule has 0 unspecified atom stereocenters. The monoisotopic (exact) mass is 802 g/mol. The van der Waals surface area contributed by atoms with Crippen LogP contribution < -0.4 is 0 Å². The van der Waals surface area contributed by atoms with Crippen LogP contribution in [-0.4, -0.2) is 18.9 Å². The topological polar surface area (TPSA) is 27.7 Å². The highest BCUT2D eigenvalue weighted by Crippen LogP contribution is 2.43. The lowest BCUT2D eigenvalue weighted by atomic mass is 9.92. The number of aromatic nitrogens is 4. The van der Waals surface area contributed by atoms with Crippen molar-refractivity contribution < 1.29 is 0 Å². The van der Waals surface area contributed by atoms with Crippen LogP contribution in [-0.2, 0) is 0 Å². The Kier molecular flexibility index (Phi) is 7.87. The van der Waals surface area contributed by atoms with Gasteiger partial charge in [-0.25, -0.2) is 4.68 Å². The average molecular weight is 803 g/mol. The van der Waals surface area contributed by atoms with Crippen LogP contribution in [0.3, 0.4) is 0 Å². The highest BCUT2D eigenvalue weighted by molar-refractivity contribution is 6.17. The molecule has 0 spiro atoms. The van der Waals surface area contributed by atoms with Gasteiger partial charge < -0.3 is 9.13 Å². The first kappa shape index (κ1) is 35.3. The van der Waals surface area contributed by atoms with Crippen molar-refractivity contribution in [1.29, 1.82) is 0 Å². The van der Waals surface area contributed by atoms with Gasteiger partial charge in [0.2, 0.25) is 0 Å². The fourth-order valence-electron chi connectivity index (χ4n) is 10.1. The number of benzene rings is 10. The van der Waals surface area contributed by atoms with Gasteiger partial charge in [-0.15, -0.1) is 0 Å². The Labute approximate surface area is 363 Å². The number of para-hydroxylation sites is 5. The van der Waals surface area contributed by atoms with Gasteiger partial charge >= 0.3 is 0 Å². The third-order valence-electron chi connectivity index (χ3n) is 12.8. The summed E-state index contributed by atoms with van der Waals surface area (Å²) in [4.78, 5) is 0. The third kappa shape index (κ3) is 5.52. The first-order valence-electron chi connectivity index (χ1n) is 21.6. The smallest absolute Gasteiger partial charge is 0.101 e. The van der Waals surface area contributed by atoms with Crippen molar-refractivity contribution in [3.05, 3.63) is 231 Å². The lowest BCUT2D eigenvalue weighted by molar-refractivity contribution is 0.918. The quantitative estimate of drug-likeness (QED) is 0.165. The lowest BCUT2D eigenvalue weighted by Crippen LogP contribution is -2.00. The molecule has 0 saturated heterocycles. The first-order chi connectivity index (χ1) is 31.3. The van der Waals surface area contributed by atoms with Crippen LogP contribution in [0.15, 0.2) is 231 Å². The predicted octanol–water partition coefficient (Wildman–Crippen LogP) is 15.4. The summed E-state index contributed by atoms with van der Waals surface area (Å²) in [6, 6.07) is 83.5. The van der Waals surface area contributed by atoms with E-state index in [1.54, 1.807) is 0 Å². The summed E-state index contributed by atoms with van der Waals surface area (Å²) < 4.78 is 7.01. The van der Waals surface area contributed by atoms with E-state index in [-0.39, 0.29) is 0 Å². The molecule has 0 N–H and O–H groups in total. The Balaban J connectivity index is 1.10. The van der Waals surface area contributed by atoms with Crippen molar-refractivity contribution in [3.8, 4) is 50.6 Å². The molecule has 0 saturated carbocycles. The van der Waals surface area contributed by atoms with E-state index in [4.69, 9.17) is 5.10 Å². The van der Waals surface area contributed by atoms with Crippen LogP contribution in [0, 0.1) is 0 Å². The molecule has 0 amide bonds. The molecule has 63 heavy (non-hydrogen) atoms. The summed E-state index contributed by atoms with van der Waals surface area (Å²) in [6.45, 7) is 0. The fourth-order valence-corrected chi connectivity index (χ4v) is 10.1. The molecule has 0 radical (unpaired) electrons. The van der Waals surface area contributed by atoms with Gasteiger partial charge in [-0.3, -0.25) is 0 Å². The molecule has 0 aliphatic carbocycles. The number of fused-ring (bicyclic) bond motifs is 9. The van der Waals surface area contributed by atoms with Crippen molar-refractivity contribution in [1.82, 2.24) is 18.9 Å². The zero-order valence-electron chi connectivity index (χ0n) is 34.2. The Morgan fingerprint density at radius 2 is 0.762 bits per heavy atom. The molecule has 3 aromatic heterocycles. The molecule has 294 valence electrons. The molecule has 10 aromatic carbocycles. The Bertz CT molecular complexity index is 3670. The largest absolute Gasteiger partial charge is 0.309 e. The number of hydrogen-bond donors (Lipinski definition) is 0. The van der Waals surface area contributed by atoms with E-state index in [1.165, 1.54) is 54.4 Å². The molecule has 0 fully saturated rings. The molecule has 4 heteroatoms. The van der Waals surface area contributed by atoms with Gasteiger partial charge in [-0.2, -0.15) is 5.10 Å². The minimum absolute atomic E-state index is 0.961. The second-order valence-electron chi connectivity index (χ2n) is 16.4. The van der Waals surface area contributed by atoms with Crippen molar-refractivity contribution in [3.63, 3.8) is 0 Å². The van der Waals surface area contributed by atoms with E-state index in [2.05, 4.69) is 244 Å². The average Bonchev–Trinajstić information content (AvgIpc) is 4.03. The van der Waals surface area contributed by atoms with Gasteiger partial charge in [0.25, 0.3) is 0 Å². The fraction of sp³-hybridized carbons (Fsp3) is 0. The molecule has 0 aliphatic heterocycles. The molecule has 13 aromatic rings. The Hall–Kier alpha value is -8.47. The summed E-state index contributed by atoms with van der Waals surface area (Å²) in [7, 11) is 0. The van der Waals surface area contributed by atoms with Crippen LogP contribution in [0.1, 0.15) is 0 Å². The van der Waals surface area contributed by atoms with Crippen molar-refractivity contribution in [2.75, 3.05) is 0 Å².